The zero-order valence-corrected chi connectivity index (χ0v) is 18.2. The second kappa shape index (κ2) is 5.98. The molecule has 2 aliphatic heterocycles. The lowest BCUT2D eigenvalue weighted by molar-refractivity contribution is -0.234. The maximum atomic E-state index is 12.9. The van der Waals surface area contributed by atoms with E-state index in [4.69, 9.17) is 18.9 Å². The van der Waals surface area contributed by atoms with Crippen molar-refractivity contribution in [2.75, 3.05) is 26.9 Å². The zero-order valence-electron chi connectivity index (χ0n) is 18.2. The van der Waals surface area contributed by atoms with Crippen molar-refractivity contribution in [3.8, 4) is 0 Å². The summed E-state index contributed by atoms with van der Waals surface area (Å²) in [5.74, 6) is 2.34. The van der Waals surface area contributed by atoms with Gasteiger partial charge >= 0.3 is 5.97 Å². The molecule has 0 aromatic heterocycles. The van der Waals surface area contributed by atoms with Gasteiger partial charge in [-0.2, -0.15) is 0 Å². The lowest BCUT2D eigenvalue weighted by atomic mass is 9.43. The minimum absolute atomic E-state index is 0.0292. The van der Waals surface area contributed by atoms with Crippen LogP contribution in [0.2, 0.25) is 0 Å². The summed E-state index contributed by atoms with van der Waals surface area (Å²) in [7, 11) is 1.55. The van der Waals surface area contributed by atoms with Crippen molar-refractivity contribution in [2.24, 2.45) is 39.9 Å². The van der Waals surface area contributed by atoms with Gasteiger partial charge in [-0.25, -0.2) is 0 Å². The van der Waals surface area contributed by atoms with Crippen molar-refractivity contribution in [3.05, 3.63) is 0 Å². The molecule has 0 radical (unpaired) electrons. The molecule has 4 saturated carbocycles. The Balaban J connectivity index is 1.33. The Bertz CT molecular complexity index is 716. The average molecular weight is 405 g/mol. The molecule has 0 bridgehead atoms. The lowest BCUT2D eigenvalue weighted by Crippen LogP contribution is -2.60. The molecule has 4 aliphatic carbocycles. The molecule has 0 aromatic rings. The first-order valence-corrected chi connectivity index (χ1v) is 11.9. The first-order valence-electron chi connectivity index (χ1n) is 11.9. The molecule has 1 spiro atoms. The van der Waals surface area contributed by atoms with Crippen molar-refractivity contribution in [3.63, 3.8) is 0 Å². The Morgan fingerprint density at radius 3 is 2.55 bits per heavy atom. The normalized spacial score (nSPS) is 54.7. The van der Waals surface area contributed by atoms with Crippen molar-refractivity contribution < 1.29 is 23.7 Å². The summed E-state index contributed by atoms with van der Waals surface area (Å²) in [4.78, 5) is 12.9. The van der Waals surface area contributed by atoms with Gasteiger partial charge in [0.05, 0.1) is 38.4 Å². The summed E-state index contributed by atoms with van der Waals surface area (Å²) in [5, 5.41) is 0. The Kier molecular flexibility index (Phi) is 3.93. The quantitative estimate of drug-likeness (QED) is 0.620. The van der Waals surface area contributed by atoms with Crippen molar-refractivity contribution in [1.82, 2.24) is 0 Å². The fraction of sp³-hybridized carbons (Fsp3) is 0.958. The summed E-state index contributed by atoms with van der Waals surface area (Å²) in [6.07, 6.45) is 9.24. The third kappa shape index (κ3) is 2.15. The van der Waals surface area contributed by atoms with E-state index in [1.165, 1.54) is 19.3 Å². The van der Waals surface area contributed by atoms with Crippen LogP contribution in [-0.4, -0.2) is 44.8 Å². The SMILES string of the molecule is COC(=O)C12CCC3C4CCC5CC6(CCC5(C)C4CC(OC1)C32C)OCCO6. The van der Waals surface area contributed by atoms with Gasteiger partial charge in [-0.1, -0.05) is 13.8 Å². The van der Waals surface area contributed by atoms with Gasteiger partial charge in [0.1, 0.15) is 0 Å². The Hall–Kier alpha value is -0.650. The number of rotatable bonds is 1. The van der Waals surface area contributed by atoms with Crippen LogP contribution in [0.15, 0.2) is 0 Å². The Morgan fingerprint density at radius 1 is 1.00 bits per heavy atom. The summed E-state index contributed by atoms with van der Waals surface area (Å²) in [5.41, 5.74) is -0.132. The smallest absolute Gasteiger partial charge is 0.314 e. The van der Waals surface area contributed by atoms with Crippen molar-refractivity contribution in [1.29, 1.82) is 0 Å². The molecule has 2 heterocycles. The highest BCUT2D eigenvalue weighted by Gasteiger charge is 2.74. The van der Waals surface area contributed by atoms with Gasteiger partial charge < -0.3 is 18.9 Å². The van der Waals surface area contributed by atoms with Crippen LogP contribution in [0.1, 0.15) is 65.2 Å². The predicted octanol–water partition coefficient (Wildman–Crippen LogP) is 3.94. The Labute approximate surface area is 174 Å². The molecule has 6 aliphatic rings. The van der Waals surface area contributed by atoms with Crippen LogP contribution in [0, 0.1) is 39.9 Å². The van der Waals surface area contributed by atoms with Gasteiger partial charge in [0.15, 0.2) is 5.79 Å². The van der Waals surface area contributed by atoms with Gasteiger partial charge in [-0.05, 0) is 67.6 Å². The van der Waals surface area contributed by atoms with Gasteiger partial charge in [0, 0.05) is 18.3 Å². The number of methoxy groups -OCH3 is 1. The standard InChI is InChI=1S/C24H36O5/c1-21-8-9-24(28-10-11-29-24)13-15(21)4-5-16-17-6-7-23(20(25)26-3)14-27-19(12-18(16)21)22(17,23)2/h15-19H,4-14H2,1-3H3. The second-order valence-corrected chi connectivity index (χ2v) is 11.4. The van der Waals surface area contributed by atoms with Gasteiger partial charge in [-0.15, -0.1) is 0 Å². The molecule has 2 saturated heterocycles. The number of hydrogen-bond donors (Lipinski definition) is 0. The third-order valence-electron chi connectivity index (χ3n) is 11.0. The fourth-order valence-corrected chi connectivity index (χ4v) is 9.36. The highest BCUT2D eigenvalue weighted by molar-refractivity contribution is 5.79. The minimum Gasteiger partial charge on any atom is -0.469 e. The van der Waals surface area contributed by atoms with Crippen molar-refractivity contribution in [2.45, 2.75) is 77.1 Å². The third-order valence-corrected chi connectivity index (χ3v) is 11.0. The number of carbonyl (C=O) groups is 1. The van der Waals surface area contributed by atoms with Crippen LogP contribution < -0.4 is 0 Å². The maximum absolute atomic E-state index is 12.9. The molecule has 8 atom stereocenters. The van der Waals surface area contributed by atoms with Crippen LogP contribution in [0.4, 0.5) is 0 Å². The van der Waals surface area contributed by atoms with E-state index < -0.39 is 5.41 Å². The second-order valence-electron chi connectivity index (χ2n) is 11.4. The number of esters is 1. The van der Waals surface area contributed by atoms with Crippen LogP contribution in [0.5, 0.6) is 0 Å². The van der Waals surface area contributed by atoms with E-state index in [1.54, 1.807) is 7.11 Å². The lowest BCUT2D eigenvalue weighted by Gasteiger charge is -2.62. The largest absolute Gasteiger partial charge is 0.469 e. The number of fused-ring (bicyclic) bond motifs is 4. The molecule has 0 N–H and O–H groups in total. The molecule has 162 valence electrons. The van der Waals surface area contributed by atoms with Crippen LogP contribution >= 0.6 is 0 Å². The molecular formula is C24H36O5. The van der Waals surface area contributed by atoms with E-state index in [-0.39, 0.29) is 23.3 Å². The molecule has 29 heavy (non-hydrogen) atoms. The maximum Gasteiger partial charge on any atom is 0.314 e. The van der Waals surface area contributed by atoms with Gasteiger partial charge in [0.2, 0.25) is 0 Å². The van der Waals surface area contributed by atoms with E-state index in [0.29, 0.717) is 35.7 Å². The number of ether oxygens (including phenoxy) is 4. The first-order chi connectivity index (χ1) is 13.9. The summed E-state index contributed by atoms with van der Waals surface area (Å²) in [6.45, 7) is 6.97. The predicted molar refractivity (Wildman–Crippen MR) is 106 cm³/mol. The summed E-state index contributed by atoms with van der Waals surface area (Å²) in [6, 6.07) is 0. The number of hydrogen-bond acceptors (Lipinski definition) is 5. The van der Waals surface area contributed by atoms with E-state index >= 15 is 0 Å². The summed E-state index contributed by atoms with van der Waals surface area (Å²) < 4.78 is 24.0. The molecule has 8 unspecified atom stereocenters. The fourth-order valence-electron chi connectivity index (χ4n) is 9.36. The molecular weight excluding hydrogens is 368 g/mol. The van der Waals surface area contributed by atoms with E-state index in [2.05, 4.69) is 13.8 Å². The van der Waals surface area contributed by atoms with E-state index in [0.717, 1.165) is 45.3 Å². The zero-order chi connectivity index (χ0) is 20.1. The topological polar surface area (TPSA) is 54.0 Å². The van der Waals surface area contributed by atoms with Gasteiger partial charge in [-0.3, -0.25) is 4.79 Å². The van der Waals surface area contributed by atoms with Crippen molar-refractivity contribution >= 4 is 5.97 Å². The molecule has 0 amide bonds. The first kappa shape index (κ1) is 19.1. The van der Waals surface area contributed by atoms with Gasteiger partial charge in [0.25, 0.3) is 0 Å². The van der Waals surface area contributed by atoms with E-state index in [9.17, 15) is 4.79 Å². The Morgan fingerprint density at radius 2 is 1.79 bits per heavy atom. The highest BCUT2D eigenvalue weighted by Crippen LogP contribution is 2.73. The van der Waals surface area contributed by atoms with Crippen LogP contribution in [0.3, 0.4) is 0 Å². The molecule has 0 aromatic carbocycles. The molecule has 5 heteroatoms. The summed E-state index contributed by atoms with van der Waals surface area (Å²) >= 11 is 0. The molecule has 6 rings (SSSR count). The minimum atomic E-state index is -0.415. The van der Waals surface area contributed by atoms with Crippen LogP contribution in [-0.2, 0) is 23.7 Å². The number of carbonyl (C=O) groups excluding carboxylic acids is 1. The monoisotopic (exact) mass is 404 g/mol. The molecule has 5 nitrogen and oxygen atoms in total. The molecule has 6 fully saturated rings. The highest BCUT2D eigenvalue weighted by atomic mass is 16.7. The van der Waals surface area contributed by atoms with E-state index in [1.807, 2.05) is 0 Å². The average Bonchev–Trinajstić information content (AvgIpc) is 3.38. The van der Waals surface area contributed by atoms with Crippen LogP contribution in [0.25, 0.3) is 0 Å².